The van der Waals surface area contributed by atoms with Crippen LogP contribution in [0, 0.1) is 0 Å². The molecule has 0 rings (SSSR count). The number of aliphatic carboxylic acids is 1. The minimum atomic E-state index is -0.923. The molecule has 0 unspecified atom stereocenters. The molecule has 72 valence electrons. The van der Waals surface area contributed by atoms with E-state index in [1.165, 1.54) is 12.2 Å². The summed E-state index contributed by atoms with van der Waals surface area (Å²) in [6.07, 6.45) is 7.54. The van der Waals surface area contributed by atoms with Crippen molar-refractivity contribution in [1.29, 1.82) is 0 Å². The summed E-state index contributed by atoms with van der Waals surface area (Å²) in [7, 11) is 0. The molecule has 0 fully saturated rings. The summed E-state index contributed by atoms with van der Waals surface area (Å²) in [5.74, 6) is -0.987. The number of ketones is 1. The number of carbonyl (C=O) groups excluding carboxylic acids is 1. The normalized spacial score (nSPS) is 11.2. The Hall–Kier alpha value is -1.38. The first-order valence-electron chi connectivity index (χ1n) is 4.23. The number of rotatable bonds is 6. The predicted molar refractivity (Wildman–Crippen MR) is 50.4 cm³/mol. The SMILES string of the molecule is CCC=CCC(=O)C=CCC(=O)O. The molecule has 0 heterocycles. The van der Waals surface area contributed by atoms with E-state index in [0.29, 0.717) is 6.42 Å². The minimum absolute atomic E-state index is 0.0639. The second-order valence-electron chi connectivity index (χ2n) is 2.55. The summed E-state index contributed by atoms with van der Waals surface area (Å²) in [5, 5.41) is 8.26. The number of carboxylic acids is 1. The zero-order chi connectivity index (χ0) is 10.1. The summed E-state index contributed by atoms with van der Waals surface area (Å²) in [6.45, 7) is 1.99. The second-order valence-corrected chi connectivity index (χ2v) is 2.55. The summed E-state index contributed by atoms with van der Waals surface area (Å²) >= 11 is 0. The fourth-order valence-corrected chi connectivity index (χ4v) is 0.725. The van der Waals surface area contributed by atoms with Crippen LogP contribution in [0.25, 0.3) is 0 Å². The molecule has 3 nitrogen and oxygen atoms in total. The van der Waals surface area contributed by atoms with Crippen LogP contribution in [0.2, 0.25) is 0 Å². The Bertz CT molecular complexity index is 226. The van der Waals surface area contributed by atoms with Crippen LogP contribution in [-0.4, -0.2) is 16.9 Å². The molecule has 13 heavy (non-hydrogen) atoms. The smallest absolute Gasteiger partial charge is 0.307 e. The van der Waals surface area contributed by atoms with Gasteiger partial charge in [0, 0.05) is 6.42 Å². The molecule has 0 aliphatic carbocycles. The highest BCUT2D eigenvalue weighted by atomic mass is 16.4. The Morgan fingerprint density at radius 3 is 2.38 bits per heavy atom. The third kappa shape index (κ3) is 8.53. The van der Waals surface area contributed by atoms with E-state index in [1.807, 2.05) is 13.0 Å². The molecule has 0 aliphatic heterocycles. The summed E-state index contributed by atoms with van der Waals surface area (Å²) < 4.78 is 0. The summed E-state index contributed by atoms with van der Waals surface area (Å²) in [6, 6.07) is 0. The molecule has 3 heteroatoms. The van der Waals surface area contributed by atoms with Crippen LogP contribution in [0.5, 0.6) is 0 Å². The van der Waals surface area contributed by atoms with Crippen molar-refractivity contribution in [2.75, 3.05) is 0 Å². The summed E-state index contributed by atoms with van der Waals surface area (Å²) in [4.78, 5) is 21.0. The molecule has 0 saturated heterocycles. The fraction of sp³-hybridized carbons (Fsp3) is 0.400. The van der Waals surface area contributed by atoms with Gasteiger partial charge in [-0.3, -0.25) is 9.59 Å². The standard InChI is InChI=1S/C10H14O3/c1-2-3-4-6-9(11)7-5-8-10(12)13/h3-5,7H,2,6,8H2,1H3,(H,12,13). The molecule has 0 aromatic rings. The van der Waals surface area contributed by atoms with Crippen molar-refractivity contribution in [3.8, 4) is 0 Å². The molecule has 0 bridgehead atoms. The average molecular weight is 182 g/mol. The van der Waals surface area contributed by atoms with E-state index < -0.39 is 5.97 Å². The zero-order valence-electron chi connectivity index (χ0n) is 7.69. The van der Waals surface area contributed by atoms with Crippen LogP contribution in [0.1, 0.15) is 26.2 Å². The van der Waals surface area contributed by atoms with Gasteiger partial charge in [0.2, 0.25) is 0 Å². The lowest BCUT2D eigenvalue weighted by molar-refractivity contribution is -0.135. The first-order chi connectivity index (χ1) is 6.16. The molecule has 0 aromatic heterocycles. The molecule has 0 spiro atoms. The van der Waals surface area contributed by atoms with Gasteiger partial charge >= 0.3 is 5.97 Å². The van der Waals surface area contributed by atoms with Crippen molar-refractivity contribution in [2.24, 2.45) is 0 Å². The van der Waals surface area contributed by atoms with Crippen molar-refractivity contribution < 1.29 is 14.7 Å². The van der Waals surface area contributed by atoms with Gasteiger partial charge in [0.25, 0.3) is 0 Å². The Morgan fingerprint density at radius 2 is 1.85 bits per heavy atom. The van der Waals surface area contributed by atoms with Gasteiger partial charge in [-0.1, -0.05) is 25.2 Å². The number of carboxylic acid groups (broad SMARTS) is 1. The Kier molecular flexibility index (Phi) is 6.51. The van der Waals surface area contributed by atoms with E-state index in [-0.39, 0.29) is 12.2 Å². The van der Waals surface area contributed by atoms with Gasteiger partial charge in [0.1, 0.15) is 0 Å². The molecule has 1 N–H and O–H groups in total. The highest BCUT2D eigenvalue weighted by molar-refractivity contribution is 5.91. The van der Waals surface area contributed by atoms with Crippen LogP contribution < -0.4 is 0 Å². The van der Waals surface area contributed by atoms with Gasteiger partial charge in [-0.25, -0.2) is 0 Å². The van der Waals surface area contributed by atoms with Gasteiger partial charge in [0.05, 0.1) is 6.42 Å². The van der Waals surface area contributed by atoms with E-state index in [2.05, 4.69) is 0 Å². The third-order valence-electron chi connectivity index (χ3n) is 1.32. The van der Waals surface area contributed by atoms with E-state index in [0.717, 1.165) is 6.42 Å². The lowest BCUT2D eigenvalue weighted by Crippen LogP contribution is -1.93. The molecular formula is C10H14O3. The number of hydrogen-bond acceptors (Lipinski definition) is 2. The van der Waals surface area contributed by atoms with Gasteiger partial charge in [-0.05, 0) is 12.5 Å². The van der Waals surface area contributed by atoms with Crippen molar-refractivity contribution >= 4 is 11.8 Å². The lowest BCUT2D eigenvalue weighted by Gasteiger charge is -1.86. The monoisotopic (exact) mass is 182 g/mol. The van der Waals surface area contributed by atoms with Gasteiger partial charge in [0.15, 0.2) is 5.78 Å². The minimum Gasteiger partial charge on any atom is -0.481 e. The Morgan fingerprint density at radius 1 is 1.15 bits per heavy atom. The van der Waals surface area contributed by atoms with E-state index in [1.54, 1.807) is 6.08 Å². The van der Waals surface area contributed by atoms with Crippen molar-refractivity contribution in [1.82, 2.24) is 0 Å². The van der Waals surface area contributed by atoms with Gasteiger partial charge in [-0.15, -0.1) is 0 Å². The van der Waals surface area contributed by atoms with Gasteiger partial charge in [-0.2, -0.15) is 0 Å². The molecule has 0 radical (unpaired) electrons. The molecule has 0 amide bonds. The van der Waals surface area contributed by atoms with E-state index in [9.17, 15) is 9.59 Å². The molecule has 0 aromatic carbocycles. The highest BCUT2D eigenvalue weighted by Gasteiger charge is 1.93. The maximum absolute atomic E-state index is 11.0. The molecular weight excluding hydrogens is 168 g/mol. The van der Waals surface area contributed by atoms with Crippen LogP contribution in [0.4, 0.5) is 0 Å². The molecule has 0 aliphatic rings. The molecule has 0 saturated carbocycles. The van der Waals surface area contributed by atoms with E-state index >= 15 is 0 Å². The zero-order valence-corrected chi connectivity index (χ0v) is 7.69. The first kappa shape index (κ1) is 11.6. The summed E-state index contributed by atoms with van der Waals surface area (Å²) in [5.41, 5.74) is 0. The second kappa shape index (κ2) is 7.28. The topological polar surface area (TPSA) is 54.4 Å². The Labute approximate surface area is 77.8 Å². The predicted octanol–water partition coefficient (Wildman–Crippen LogP) is 1.94. The number of allylic oxidation sites excluding steroid dienone is 3. The number of hydrogen-bond donors (Lipinski definition) is 1. The lowest BCUT2D eigenvalue weighted by atomic mass is 10.2. The maximum Gasteiger partial charge on any atom is 0.307 e. The fourth-order valence-electron chi connectivity index (χ4n) is 0.725. The highest BCUT2D eigenvalue weighted by Crippen LogP contribution is 1.91. The quantitative estimate of drug-likeness (QED) is 0.504. The van der Waals surface area contributed by atoms with E-state index in [4.69, 9.17) is 5.11 Å². The maximum atomic E-state index is 11.0. The Balaban J connectivity index is 3.67. The largest absolute Gasteiger partial charge is 0.481 e. The first-order valence-corrected chi connectivity index (χ1v) is 4.23. The molecule has 0 atom stereocenters. The van der Waals surface area contributed by atoms with Crippen LogP contribution >= 0.6 is 0 Å². The average Bonchev–Trinajstić information content (AvgIpc) is 2.04. The van der Waals surface area contributed by atoms with Crippen LogP contribution in [0.15, 0.2) is 24.3 Å². The van der Waals surface area contributed by atoms with Crippen molar-refractivity contribution in [2.45, 2.75) is 26.2 Å². The number of carbonyl (C=O) groups is 2. The van der Waals surface area contributed by atoms with Crippen molar-refractivity contribution in [3.63, 3.8) is 0 Å². The van der Waals surface area contributed by atoms with Crippen LogP contribution in [0.3, 0.4) is 0 Å². The van der Waals surface area contributed by atoms with Crippen molar-refractivity contribution in [3.05, 3.63) is 24.3 Å². The third-order valence-corrected chi connectivity index (χ3v) is 1.32. The van der Waals surface area contributed by atoms with Crippen LogP contribution in [-0.2, 0) is 9.59 Å². The van der Waals surface area contributed by atoms with Gasteiger partial charge < -0.3 is 5.11 Å².